The first-order valence-electron chi connectivity index (χ1n) is 5.74. The monoisotopic (exact) mass is 322 g/mol. The molecule has 2 heterocycles. The molecule has 4 nitrogen and oxygen atoms in total. The number of halogens is 1. The SMILES string of the molecule is Cc1cnc(-c2nc(=S)c(Br)c(C3CC3)[nH]2)nc1. The van der Waals surface area contributed by atoms with Gasteiger partial charge in [0.2, 0.25) is 0 Å². The maximum absolute atomic E-state index is 5.27. The molecule has 0 amide bonds. The van der Waals surface area contributed by atoms with Crippen molar-refractivity contribution in [2.45, 2.75) is 25.7 Å². The predicted molar refractivity (Wildman–Crippen MR) is 74.9 cm³/mol. The first-order valence-corrected chi connectivity index (χ1v) is 6.94. The van der Waals surface area contributed by atoms with E-state index in [0.717, 1.165) is 15.7 Å². The van der Waals surface area contributed by atoms with Crippen LogP contribution in [0.5, 0.6) is 0 Å². The Balaban J connectivity index is 2.12. The third kappa shape index (κ3) is 2.22. The lowest BCUT2D eigenvalue weighted by atomic mass is 10.3. The second kappa shape index (κ2) is 4.51. The second-order valence-corrected chi connectivity index (χ2v) is 5.66. The molecule has 1 fully saturated rings. The minimum absolute atomic E-state index is 0.563. The second-order valence-electron chi connectivity index (χ2n) is 4.48. The highest BCUT2D eigenvalue weighted by atomic mass is 79.9. The average Bonchev–Trinajstić information content (AvgIpc) is 3.18. The Labute approximate surface area is 118 Å². The third-order valence-corrected chi connectivity index (χ3v) is 4.23. The zero-order valence-corrected chi connectivity index (χ0v) is 12.2. The van der Waals surface area contributed by atoms with Gasteiger partial charge in [-0.25, -0.2) is 15.0 Å². The van der Waals surface area contributed by atoms with Crippen LogP contribution < -0.4 is 0 Å². The number of H-pyrrole nitrogens is 1. The van der Waals surface area contributed by atoms with Gasteiger partial charge < -0.3 is 4.98 Å². The van der Waals surface area contributed by atoms with E-state index >= 15 is 0 Å². The topological polar surface area (TPSA) is 54.5 Å². The number of hydrogen-bond acceptors (Lipinski definition) is 4. The summed E-state index contributed by atoms with van der Waals surface area (Å²) in [5.74, 6) is 1.79. The molecule has 3 rings (SSSR count). The summed E-state index contributed by atoms with van der Waals surface area (Å²) in [6.45, 7) is 1.95. The fraction of sp³-hybridized carbons (Fsp3) is 0.333. The molecule has 1 saturated carbocycles. The van der Waals surface area contributed by atoms with Gasteiger partial charge in [0.05, 0.1) is 4.47 Å². The van der Waals surface area contributed by atoms with E-state index in [0.29, 0.717) is 22.2 Å². The largest absolute Gasteiger partial charge is 0.339 e. The van der Waals surface area contributed by atoms with Gasteiger partial charge in [-0.05, 0) is 41.3 Å². The Bertz CT molecular complexity index is 646. The number of hydrogen-bond donors (Lipinski definition) is 1. The van der Waals surface area contributed by atoms with Crippen molar-refractivity contribution in [3.63, 3.8) is 0 Å². The molecule has 0 aromatic carbocycles. The number of aromatic nitrogens is 4. The van der Waals surface area contributed by atoms with E-state index in [2.05, 4.69) is 35.9 Å². The van der Waals surface area contributed by atoms with Crippen LogP contribution in [0.25, 0.3) is 11.6 Å². The molecule has 1 N–H and O–H groups in total. The van der Waals surface area contributed by atoms with Gasteiger partial charge in [0.25, 0.3) is 0 Å². The first kappa shape index (κ1) is 11.9. The summed E-state index contributed by atoms with van der Waals surface area (Å²) < 4.78 is 1.46. The van der Waals surface area contributed by atoms with Gasteiger partial charge in [-0.2, -0.15) is 0 Å². The van der Waals surface area contributed by atoms with Crippen LogP contribution in [-0.2, 0) is 0 Å². The summed E-state index contributed by atoms with van der Waals surface area (Å²) in [6.07, 6.45) is 5.95. The first-order chi connectivity index (χ1) is 8.65. The Hall–Kier alpha value is -1.14. The maximum atomic E-state index is 5.27. The Morgan fingerprint density at radius 3 is 2.61 bits per heavy atom. The molecule has 2 aromatic rings. The molecule has 0 aliphatic heterocycles. The van der Waals surface area contributed by atoms with Crippen molar-refractivity contribution in [1.82, 2.24) is 19.9 Å². The van der Waals surface area contributed by atoms with Gasteiger partial charge in [0.15, 0.2) is 11.6 Å². The molecule has 0 atom stereocenters. The van der Waals surface area contributed by atoms with Crippen LogP contribution in [0.2, 0.25) is 0 Å². The number of aromatic amines is 1. The predicted octanol–water partition coefficient (Wildman–Crippen LogP) is 3.54. The van der Waals surface area contributed by atoms with E-state index in [4.69, 9.17) is 12.2 Å². The number of nitrogens with one attached hydrogen (secondary N) is 1. The molecule has 92 valence electrons. The van der Waals surface area contributed by atoms with Crippen LogP contribution in [0.4, 0.5) is 0 Å². The molecule has 18 heavy (non-hydrogen) atoms. The summed E-state index contributed by atoms with van der Waals surface area (Å²) >= 11 is 8.77. The zero-order valence-electron chi connectivity index (χ0n) is 9.77. The van der Waals surface area contributed by atoms with Crippen LogP contribution in [0.1, 0.15) is 30.0 Å². The molecule has 0 spiro atoms. The molecule has 1 aliphatic carbocycles. The van der Waals surface area contributed by atoms with E-state index in [1.165, 1.54) is 12.8 Å². The fourth-order valence-electron chi connectivity index (χ4n) is 1.75. The van der Waals surface area contributed by atoms with Crippen molar-refractivity contribution in [3.05, 3.63) is 32.8 Å². The normalized spacial score (nSPS) is 14.8. The Morgan fingerprint density at radius 1 is 1.33 bits per heavy atom. The van der Waals surface area contributed by atoms with Crippen LogP contribution in [0.3, 0.4) is 0 Å². The molecule has 0 unspecified atom stereocenters. The minimum atomic E-state index is 0.563. The van der Waals surface area contributed by atoms with E-state index in [1.54, 1.807) is 12.4 Å². The molecule has 0 saturated heterocycles. The molecule has 6 heteroatoms. The van der Waals surface area contributed by atoms with Gasteiger partial charge in [-0.3, -0.25) is 0 Å². The average molecular weight is 323 g/mol. The summed E-state index contributed by atoms with van der Waals surface area (Å²) in [4.78, 5) is 16.2. The summed E-state index contributed by atoms with van der Waals surface area (Å²) in [6, 6.07) is 0. The lowest BCUT2D eigenvalue weighted by Gasteiger charge is -2.06. The third-order valence-electron chi connectivity index (χ3n) is 2.87. The van der Waals surface area contributed by atoms with Crippen LogP contribution in [-0.4, -0.2) is 19.9 Å². The van der Waals surface area contributed by atoms with Gasteiger partial charge in [0, 0.05) is 24.0 Å². The maximum Gasteiger partial charge on any atom is 0.195 e. The van der Waals surface area contributed by atoms with Gasteiger partial charge >= 0.3 is 0 Å². The molecule has 2 aromatic heterocycles. The van der Waals surface area contributed by atoms with Crippen molar-refractivity contribution >= 4 is 28.1 Å². The van der Waals surface area contributed by atoms with Crippen LogP contribution in [0, 0.1) is 11.6 Å². The highest BCUT2D eigenvalue weighted by Gasteiger charge is 2.27. The standard InChI is InChI=1S/C12H11BrN4S/c1-6-4-14-10(15-5-6)11-16-9(7-2-3-7)8(13)12(18)17-11/h4-5,7H,2-3H2,1H3,(H,16,17,18). The molecule has 1 aliphatic rings. The molecular formula is C12H11BrN4S. The van der Waals surface area contributed by atoms with Crippen molar-refractivity contribution < 1.29 is 0 Å². The fourth-order valence-corrected chi connectivity index (χ4v) is 2.46. The minimum Gasteiger partial charge on any atom is -0.339 e. The van der Waals surface area contributed by atoms with E-state index in [1.807, 2.05) is 6.92 Å². The Morgan fingerprint density at radius 2 is 2.00 bits per heavy atom. The summed E-state index contributed by atoms with van der Waals surface area (Å²) in [5, 5.41) is 0. The van der Waals surface area contributed by atoms with Crippen molar-refractivity contribution in [1.29, 1.82) is 0 Å². The van der Waals surface area contributed by atoms with Crippen molar-refractivity contribution in [3.8, 4) is 11.6 Å². The highest BCUT2D eigenvalue weighted by molar-refractivity contribution is 9.10. The van der Waals surface area contributed by atoms with E-state index in [9.17, 15) is 0 Å². The molecule has 0 radical (unpaired) electrons. The molecule has 0 bridgehead atoms. The lowest BCUT2D eigenvalue weighted by molar-refractivity contribution is 0.953. The van der Waals surface area contributed by atoms with Gasteiger partial charge in [0.1, 0.15) is 4.64 Å². The zero-order chi connectivity index (χ0) is 12.7. The van der Waals surface area contributed by atoms with Crippen molar-refractivity contribution in [2.24, 2.45) is 0 Å². The number of rotatable bonds is 2. The quantitative estimate of drug-likeness (QED) is 0.859. The van der Waals surface area contributed by atoms with E-state index in [-0.39, 0.29) is 0 Å². The van der Waals surface area contributed by atoms with Gasteiger partial charge in [-0.15, -0.1) is 0 Å². The van der Waals surface area contributed by atoms with Crippen molar-refractivity contribution in [2.75, 3.05) is 0 Å². The van der Waals surface area contributed by atoms with Gasteiger partial charge in [-0.1, -0.05) is 12.2 Å². The summed E-state index contributed by atoms with van der Waals surface area (Å²) in [7, 11) is 0. The highest BCUT2D eigenvalue weighted by Crippen LogP contribution is 2.42. The number of nitrogens with zero attached hydrogens (tertiary/aromatic N) is 3. The van der Waals surface area contributed by atoms with Crippen LogP contribution >= 0.6 is 28.1 Å². The van der Waals surface area contributed by atoms with E-state index < -0.39 is 0 Å². The smallest absolute Gasteiger partial charge is 0.195 e. The lowest BCUT2D eigenvalue weighted by Crippen LogP contribution is -2.00. The molecular weight excluding hydrogens is 312 g/mol. The van der Waals surface area contributed by atoms with Crippen LogP contribution in [0.15, 0.2) is 16.9 Å². The number of aryl methyl sites for hydroxylation is 1. The summed E-state index contributed by atoms with van der Waals surface area (Å²) in [5.41, 5.74) is 2.14. The Kier molecular flexibility index (Phi) is 2.99.